The summed E-state index contributed by atoms with van der Waals surface area (Å²) in [5, 5.41) is 7.41. The molecule has 0 aromatic heterocycles. The molecule has 0 spiro atoms. The molecule has 0 amide bonds. The van der Waals surface area contributed by atoms with Crippen LogP contribution in [0.4, 0.5) is 34.1 Å². The van der Waals surface area contributed by atoms with E-state index in [1.807, 2.05) is 0 Å². The van der Waals surface area contributed by atoms with Gasteiger partial charge in [-0.15, -0.1) is 0 Å². The Hall–Kier alpha value is -7.42. The molecule has 0 heterocycles. The number of hydrogen-bond acceptors (Lipinski definition) is 2. The summed E-state index contributed by atoms with van der Waals surface area (Å²) in [6.07, 6.45) is 0. The van der Waals surface area contributed by atoms with E-state index in [0.29, 0.717) is 0 Å². The van der Waals surface area contributed by atoms with Crippen LogP contribution in [0, 0.1) is 0 Å². The van der Waals surface area contributed by atoms with Gasteiger partial charge < -0.3 is 9.80 Å². The molecule has 2 heteroatoms. The molecular weight excluding hydrogens is 749 g/mol. The average molecular weight is 795 g/mol. The Morgan fingerprint density at radius 3 is 1.37 bits per heavy atom. The normalized spacial score (nSPS) is 14.1. The molecule has 0 atom stereocenters. The fourth-order valence-electron chi connectivity index (χ4n) is 10.9. The highest BCUT2D eigenvalue weighted by molar-refractivity contribution is 6.20. The molecular formula is C60H46N2. The first-order chi connectivity index (χ1) is 30.3. The predicted octanol–water partition coefficient (Wildman–Crippen LogP) is 16.7. The van der Waals surface area contributed by atoms with Crippen molar-refractivity contribution in [3.63, 3.8) is 0 Å². The van der Waals surface area contributed by atoms with E-state index in [9.17, 15) is 0 Å². The van der Waals surface area contributed by atoms with Gasteiger partial charge in [0.2, 0.25) is 0 Å². The summed E-state index contributed by atoms with van der Waals surface area (Å²) in [6, 6.07) is 76.8. The fourth-order valence-corrected chi connectivity index (χ4v) is 10.9. The largest absolute Gasteiger partial charge is 0.310 e. The van der Waals surface area contributed by atoms with Crippen LogP contribution in [0.2, 0.25) is 0 Å². The van der Waals surface area contributed by atoms with Crippen LogP contribution in [0.3, 0.4) is 0 Å². The number of rotatable bonds is 6. The monoisotopic (exact) mass is 794 g/mol. The van der Waals surface area contributed by atoms with Gasteiger partial charge in [-0.3, -0.25) is 0 Å². The van der Waals surface area contributed by atoms with E-state index < -0.39 is 0 Å². The van der Waals surface area contributed by atoms with Crippen molar-refractivity contribution in [2.75, 3.05) is 9.80 Å². The Balaban J connectivity index is 1.15. The molecule has 12 rings (SSSR count). The van der Waals surface area contributed by atoms with Gasteiger partial charge in [-0.2, -0.15) is 0 Å². The molecule has 0 bridgehead atoms. The summed E-state index contributed by atoms with van der Waals surface area (Å²) in [5.74, 6) is 0. The SMILES string of the molecule is CC1(C)c2ccccc2-c2ccc(N(c3ccccc3)c3cc(N(c4ccccc4)c4ccc5c(c4)C(C)(C)c4ccccc4-5)c4ccc5c6ccccc6ccc5c4c3)cc21. The van der Waals surface area contributed by atoms with Crippen molar-refractivity contribution in [2.24, 2.45) is 0 Å². The topological polar surface area (TPSA) is 6.48 Å². The Morgan fingerprint density at radius 2 is 0.742 bits per heavy atom. The van der Waals surface area contributed by atoms with E-state index in [0.717, 1.165) is 34.1 Å². The van der Waals surface area contributed by atoms with E-state index in [2.05, 4.69) is 244 Å². The van der Waals surface area contributed by atoms with Gasteiger partial charge in [0.15, 0.2) is 0 Å². The zero-order valence-corrected chi connectivity index (χ0v) is 35.5. The van der Waals surface area contributed by atoms with Crippen LogP contribution in [0.25, 0.3) is 54.6 Å². The molecule has 62 heavy (non-hydrogen) atoms. The van der Waals surface area contributed by atoms with Crippen molar-refractivity contribution in [2.45, 2.75) is 38.5 Å². The molecule has 10 aromatic rings. The van der Waals surface area contributed by atoms with Gasteiger partial charge in [0.1, 0.15) is 0 Å². The second-order valence-electron chi connectivity index (χ2n) is 18.2. The zero-order chi connectivity index (χ0) is 41.7. The molecule has 2 aliphatic carbocycles. The first kappa shape index (κ1) is 36.4. The second-order valence-corrected chi connectivity index (χ2v) is 18.2. The third-order valence-corrected chi connectivity index (χ3v) is 14.0. The summed E-state index contributed by atoms with van der Waals surface area (Å²) in [5.41, 5.74) is 17.2. The number of benzene rings is 10. The molecule has 0 unspecified atom stereocenters. The van der Waals surface area contributed by atoms with Crippen LogP contribution in [-0.4, -0.2) is 0 Å². The van der Waals surface area contributed by atoms with Crippen LogP contribution in [-0.2, 0) is 10.8 Å². The van der Waals surface area contributed by atoms with Gasteiger partial charge >= 0.3 is 0 Å². The Morgan fingerprint density at radius 1 is 0.274 bits per heavy atom. The minimum atomic E-state index is -0.142. The van der Waals surface area contributed by atoms with E-state index >= 15 is 0 Å². The highest BCUT2D eigenvalue weighted by Gasteiger charge is 2.37. The number of para-hydroxylation sites is 2. The molecule has 0 aliphatic heterocycles. The highest BCUT2D eigenvalue weighted by Crippen LogP contribution is 2.54. The molecule has 0 saturated heterocycles. The van der Waals surface area contributed by atoms with Gasteiger partial charge in [-0.25, -0.2) is 0 Å². The molecule has 2 aliphatic rings. The lowest BCUT2D eigenvalue weighted by Crippen LogP contribution is -2.17. The van der Waals surface area contributed by atoms with Crippen LogP contribution in [0.15, 0.2) is 206 Å². The zero-order valence-electron chi connectivity index (χ0n) is 35.5. The Labute approximate surface area is 364 Å². The lowest BCUT2D eigenvalue weighted by atomic mass is 9.82. The number of anilines is 6. The van der Waals surface area contributed by atoms with Crippen LogP contribution >= 0.6 is 0 Å². The number of nitrogens with zero attached hydrogens (tertiary/aromatic N) is 2. The van der Waals surface area contributed by atoms with E-state index in [1.54, 1.807) is 0 Å². The van der Waals surface area contributed by atoms with E-state index in [4.69, 9.17) is 0 Å². The van der Waals surface area contributed by atoms with E-state index in [1.165, 1.54) is 76.8 Å². The first-order valence-corrected chi connectivity index (χ1v) is 21.8. The van der Waals surface area contributed by atoms with Gasteiger partial charge in [0.25, 0.3) is 0 Å². The van der Waals surface area contributed by atoms with Crippen molar-refractivity contribution in [3.8, 4) is 22.3 Å². The van der Waals surface area contributed by atoms with Crippen molar-refractivity contribution in [1.29, 1.82) is 0 Å². The third kappa shape index (κ3) is 5.36. The minimum Gasteiger partial charge on any atom is -0.310 e. The lowest BCUT2D eigenvalue weighted by molar-refractivity contribution is 0.660. The van der Waals surface area contributed by atoms with Crippen molar-refractivity contribution in [3.05, 3.63) is 229 Å². The summed E-state index contributed by atoms with van der Waals surface area (Å²) in [4.78, 5) is 4.96. The predicted molar refractivity (Wildman–Crippen MR) is 263 cm³/mol. The van der Waals surface area contributed by atoms with Crippen LogP contribution in [0.1, 0.15) is 49.9 Å². The summed E-state index contributed by atoms with van der Waals surface area (Å²) < 4.78 is 0. The first-order valence-electron chi connectivity index (χ1n) is 21.8. The highest BCUT2D eigenvalue weighted by atomic mass is 15.2. The molecule has 296 valence electrons. The maximum absolute atomic E-state index is 2.49. The fraction of sp³-hybridized carbons (Fsp3) is 0.100. The summed E-state index contributed by atoms with van der Waals surface area (Å²) >= 11 is 0. The summed E-state index contributed by atoms with van der Waals surface area (Å²) in [7, 11) is 0. The molecule has 0 radical (unpaired) electrons. The molecule has 0 N–H and O–H groups in total. The second kappa shape index (κ2) is 13.5. The van der Waals surface area contributed by atoms with Gasteiger partial charge in [-0.05, 0) is 132 Å². The van der Waals surface area contributed by atoms with E-state index in [-0.39, 0.29) is 10.8 Å². The van der Waals surface area contributed by atoms with Crippen LogP contribution < -0.4 is 9.80 Å². The maximum Gasteiger partial charge on any atom is 0.0561 e. The van der Waals surface area contributed by atoms with Crippen molar-refractivity contribution >= 4 is 66.4 Å². The molecule has 0 saturated carbocycles. The molecule has 2 nitrogen and oxygen atoms in total. The van der Waals surface area contributed by atoms with Crippen LogP contribution in [0.5, 0.6) is 0 Å². The standard InChI is InChI=1S/C60H46N2/c1-59(2)54-25-15-13-23-48(54)50-31-28-42(36-56(50)59)61(40-18-7-5-8-19-40)44-35-53-47-30-27-39-17-11-12-22-45(39)46(47)33-34-52(53)58(38-44)62(41-20-9-6-10-21-41)43-29-32-51-49-24-14-16-26-55(49)60(3,4)57(51)37-43/h5-38H,1-4H3. The average Bonchev–Trinajstić information content (AvgIpc) is 3.68. The van der Waals surface area contributed by atoms with Crippen molar-refractivity contribution in [1.82, 2.24) is 0 Å². The quantitative estimate of drug-likeness (QED) is 0.155. The minimum absolute atomic E-state index is 0.138. The lowest BCUT2D eigenvalue weighted by Gasteiger charge is -2.32. The number of hydrogen-bond donors (Lipinski definition) is 0. The maximum atomic E-state index is 2.49. The van der Waals surface area contributed by atoms with Gasteiger partial charge in [0, 0.05) is 44.7 Å². The molecule has 10 aromatic carbocycles. The Kier molecular flexibility index (Phi) is 7.96. The van der Waals surface area contributed by atoms with Crippen molar-refractivity contribution < 1.29 is 0 Å². The smallest absolute Gasteiger partial charge is 0.0561 e. The Bertz CT molecular complexity index is 3410. The third-order valence-electron chi connectivity index (χ3n) is 14.0. The van der Waals surface area contributed by atoms with Gasteiger partial charge in [0.05, 0.1) is 5.69 Å². The van der Waals surface area contributed by atoms with Gasteiger partial charge in [-0.1, -0.05) is 173 Å². The summed E-state index contributed by atoms with van der Waals surface area (Å²) in [6.45, 7) is 9.48. The number of fused-ring (bicyclic) bond motifs is 11. The molecule has 0 fully saturated rings.